The number of nitrogens with one attached hydrogen (secondary N) is 1. The first kappa shape index (κ1) is 14.1. The molecule has 1 heterocycles. The van der Waals surface area contributed by atoms with Gasteiger partial charge in [-0.3, -0.25) is 16.0 Å². The number of nitrogens with two attached hydrogens (primary N) is 1. The van der Waals surface area contributed by atoms with Crippen molar-refractivity contribution in [2.45, 2.75) is 76.8 Å². The van der Waals surface area contributed by atoms with E-state index >= 15 is 0 Å². The van der Waals surface area contributed by atoms with Crippen LogP contribution in [-0.4, -0.2) is 15.8 Å². The highest BCUT2D eigenvalue weighted by Crippen LogP contribution is 2.41. The van der Waals surface area contributed by atoms with Crippen molar-refractivity contribution in [2.75, 3.05) is 0 Å². The van der Waals surface area contributed by atoms with Crippen LogP contribution in [0.3, 0.4) is 0 Å². The molecule has 0 radical (unpaired) electrons. The molecule has 2 aliphatic carbocycles. The molecular weight excluding hydrogens is 248 g/mol. The number of hydrogen-bond donors (Lipinski definition) is 2. The van der Waals surface area contributed by atoms with E-state index in [-0.39, 0.29) is 0 Å². The van der Waals surface area contributed by atoms with Gasteiger partial charge >= 0.3 is 0 Å². The van der Waals surface area contributed by atoms with Crippen LogP contribution < -0.4 is 11.3 Å². The SMILES string of the molecule is CC1(C(Cc2ccn(C3CCCC3)n2)NN)CCCC1. The van der Waals surface area contributed by atoms with Crippen molar-refractivity contribution in [3.05, 3.63) is 18.0 Å². The normalized spacial score (nSPS) is 24.3. The summed E-state index contributed by atoms with van der Waals surface area (Å²) < 4.78 is 2.19. The quantitative estimate of drug-likeness (QED) is 0.642. The molecule has 0 saturated heterocycles. The summed E-state index contributed by atoms with van der Waals surface area (Å²) in [5.41, 5.74) is 4.59. The van der Waals surface area contributed by atoms with Gasteiger partial charge in [0.1, 0.15) is 0 Å². The summed E-state index contributed by atoms with van der Waals surface area (Å²) in [5, 5.41) is 4.80. The molecule has 20 heavy (non-hydrogen) atoms. The first-order chi connectivity index (χ1) is 9.71. The maximum atomic E-state index is 5.83. The van der Waals surface area contributed by atoms with Crippen molar-refractivity contribution in [3.63, 3.8) is 0 Å². The van der Waals surface area contributed by atoms with Gasteiger partial charge in [0.2, 0.25) is 0 Å². The third kappa shape index (κ3) is 2.77. The van der Waals surface area contributed by atoms with Crippen LogP contribution in [0.4, 0.5) is 0 Å². The monoisotopic (exact) mass is 276 g/mol. The van der Waals surface area contributed by atoms with Gasteiger partial charge in [0.25, 0.3) is 0 Å². The molecule has 0 amide bonds. The Morgan fingerprint density at radius 1 is 1.35 bits per heavy atom. The van der Waals surface area contributed by atoms with E-state index in [1.54, 1.807) is 0 Å². The molecule has 0 bridgehead atoms. The molecule has 1 unspecified atom stereocenters. The number of rotatable bonds is 5. The van der Waals surface area contributed by atoms with E-state index in [2.05, 4.69) is 29.3 Å². The lowest BCUT2D eigenvalue weighted by Crippen LogP contribution is -2.47. The minimum Gasteiger partial charge on any atom is -0.271 e. The minimum absolute atomic E-state index is 0.339. The molecule has 2 fully saturated rings. The third-order valence-electron chi connectivity index (χ3n) is 5.56. The van der Waals surface area contributed by atoms with Crippen LogP contribution in [0.2, 0.25) is 0 Å². The summed E-state index contributed by atoms with van der Waals surface area (Å²) in [6.45, 7) is 2.37. The Kier molecular flexibility index (Phi) is 4.13. The van der Waals surface area contributed by atoms with Gasteiger partial charge in [0, 0.05) is 18.7 Å². The van der Waals surface area contributed by atoms with Crippen molar-refractivity contribution in [1.29, 1.82) is 0 Å². The lowest BCUT2D eigenvalue weighted by atomic mass is 9.79. The van der Waals surface area contributed by atoms with Gasteiger partial charge in [-0.15, -0.1) is 0 Å². The second kappa shape index (κ2) is 5.86. The molecule has 4 heteroatoms. The highest BCUT2D eigenvalue weighted by molar-refractivity contribution is 5.05. The fourth-order valence-corrected chi connectivity index (χ4v) is 4.11. The van der Waals surface area contributed by atoms with Gasteiger partial charge in [0.15, 0.2) is 0 Å². The average Bonchev–Trinajstić information content (AvgIpc) is 3.17. The number of hydrazine groups is 1. The summed E-state index contributed by atoms with van der Waals surface area (Å²) in [5.74, 6) is 5.83. The molecule has 2 aliphatic rings. The highest BCUT2D eigenvalue weighted by Gasteiger charge is 2.36. The zero-order valence-electron chi connectivity index (χ0n) is 12.6. The molecule has 3 rings (SSSR count). The van der Waals surface area contributed by atoms with Crippen molar-refractivity contribution < 1.29 is 0 Å². The van der Waals surface area contributed by atoms with E-state index in [9.17, 15) is 0 Å². The van der Waals surface area contributed by atoms with Crippen molar-refractivity contribution in [3.8, 4) is 0 Å². The Bertz CT molecular complexity index is 427. The van der Waals surface area contributed by atoms with E-state index in [1.807, 2.05) is 0 Å². The molecule has 1 aromatic heterocycles. The molecular formula is C16H28N4. The smallest absolute Gasteiger partial charge is 0.0640 e. The molecule has 3 N–H and O–H groups in total. The van der Waals surface area contributed by atoms with Crippen molar-refractivity contribution >= 4 is 0 Å². The molecule has 1 aromatic rings. The van der Waals surface area contributed by atoms with Crippen LogP contribution >= 0.6 is 0 Å². The standard InChI is InChI=1S/C16H28N4/c1-16(9-4-5-10-16)15(18-17)12-13-8-11-20(19-13)14-6-2-3-7-14/h8,11,14-15,18H,2-7,9-10,12,17H2,1H3. The van der Waals surface area contributed by atoms with Gasteiger partial charge < -0.3 is 0 Å². The van der Waals surface area contributed by atoms with E-state index in [0.717, 1.165) is 6.42 Å². The zero-order valence-corrected chi connectivity index (χ0v) is 12.6. The molecule has 2 saturated carbocycles. The van der Waals surface area contributed by atoms with E-state index < -0.39 is 0 Å². The predicted octanol–water partition coefficient (Wildman–Crippen LogP) is 2.95. The van der Waals surface area contributed by atoms with Gasteiger partial charge in [-0.25, -0.2) is 0 Å². The Morgan fingerprint density at radius 3 is 2.70 bits per heavy atom. The van der Waals surface area contributed by atoms with Crippen LogP contribution in [0.15, 0.2) is 12.3 Å². The van der Waals surface area contributed by atoms with Crippen LogP contribution in [-0.2, 0) is 6.42 Å². The minimum atomic E-state index is 0.339. The number of aromatic nitrogens is 2. The molecule has 112 valence electrons. The fourth-order valence-electron chi connectivity index (χ4n) is 4.11. The van der Waals surface area contributed by atoms with Crippen molar-refractivity contribution in [1.82, 2.24) is 15.2 Å². The number of hydrogen-bond acceptors (Lipinski definition) is 3. The van der Waals surface area contributed by atoms with E-state index in [4.69, 9.17) is 10.9 Å². The van der Waals surface area contributed by atoms with Crippen molar-refractivity contribution in [2.24, 2.45) is 11.3 Å². The Hall–Kier alpha value is -0.870. The van der Waals surface area contributed by atoms with Gasteiger partial charge in [-0.05, 0) is 37.2 Å². The average molecular weight is 276 g/mol. The summed E-state index contributed by atoms with van der Waals surface area (Å²) in [7, 11) is 0. The lowest BCUT2D eigenvalue weighted by Gasteiger charge is -2.33. The second-order valence-electron chi connectivity index (χ2n) is 7.01. The highest BCUT2D eigenvalue weighted by atomic mass is 15.3. The second-order valence-corrected chi connectivity index (χ2v) is 7.01. The van der Waals surface area contributed by atoms with Crippen LogP contribution in [0, 0.1) is 5.41 Å². The Labute approximate surface area is 122 Å². The van der Waals surface area contributed by atoms with E-state index in [0.29, 0.717) is 17.5 Å². The van der Waals surface area contributed by atoms with Crippen LogP contribution in [0.1, 0.15) is 70.0 Å². The lowest BCUT2D eigenvalue weighted by molar-refractivity contribution is 0.219. The molecule has 0 aliphatic heterocycles. The topological polar surface area (TPSA) is 55.9 Å². The van der Waals surface area contributed by atoms with E-state index in [1.165, 1.54) is 57.1 Å². The summed E-state index contributed by atoms with van der Waals surface area (Å²) in [6.07, 6.45) is 13.6. The fraction of sp³-hybridized carbons (Fsp3) is 0.812. The predicted molar refractivity (Wildman–Crippen MR) is 81.1 cm³/mol. The summed E-state index contributed by atoms with van der Waals surface area (Å²) >= 11 is 0. The van der Waals surface area contributed by atoms with Gasteiger partial charge in [0.05, 0.1) is 11.7 Å². The molecule has 1 atom stereocenters. The van der Waals surface area contributed by atoms with Crippen LogP contribution in [0.25, 0.3) is 0 Å². The maximum Gasteiger partial charge on any atom is 0.0640 e. The maximum absolute atomic E-state index is 5.83. The first-order valence-corrected chi connectivity index (χ1v) is 8.21. The molecule has 0 aromatic carbocycles. The Balaban J connectivity index is 1.66. The third-order valence-corrected chi connectivity index (χ3v) is 5.56. The molecule has 4 nitrogen and oxygen atoms in total. The largest absolute Gasteiger partial charge is 0.271 e. The van der Waals surface area contributed by atoms with Crippen LogP contribution in [0.5, 0.6) is 0 Å². The summed E-state index contributed by atoms with van der Waals surface area (Å²) in [4.78, 5) is 0. The summed E-state index contributed by atoms with van der Waals surface area (Å²) in [6, 6.07) is 3.16. The zero-order chi connectivity index (χ0) is 14.0. The Morgan fingerprint density at radius 2 is 2.05 bits per heavy atom. The number of nitrogens with zero attached hydrogens (tertiary/aromatic N) is 2. The molecule has 0 spiro atoms. The first-order valence-electron chi connectivity index (χ1n) is 8.21. The van der Waals surface area contributed by atoms with Gasteiger partial charge in [-0.2, -0.15) is 5.10 Å². The van der Waals surface area contributed by atoms with Gasteiger partial charge in [-0.1, -0.05) is 32.6 Å².